The molecule has 6 nitrogen and oxygen atoms in total. The first kappa shape index (κ1) is 16.8. The summed E-state index contributed by atoms with van der Waals surface area (Å²) in [6.07, 6.45) is 4.51. The van der Waals surface area contributed by atoms with Gasteiger partial charge in [0, 0.05) is 36.7 Å². The number of imidazole rings is 1. The molecule has 2 N–H and O–H groups in total. The second-order valence-electron chi connectivity index (χ2n) is 6.22. The first-order chi connectivity index (χ1) is 12.8. The lowest BCUT2D eigenvalue weighted by Crippen LogP contribution is -2.46. The minimum absolute atomic E-state index is 0.143. The largest absolute Gasteiger partial charge is 0.379 e. The Labute approximate surface area is 155 Å². The van der Waals surface area contributed by atoms with Crippen LogP contribution in [0, 0.1) is 0 Å². The van der Waals surface area contributed by atoms with Gasteiger partial charge < -0.3 is 15.2 Å². The Hall–Kier alpha value is -2.64. The number of thiophene rings is 1. The molecule has 1 saturated heterocycles. The molecule has 7 heteroatoms. The Balaban J connectivity index is 1.33. The van der Waals surface area contributed by atoms with Gasteiger partial charge in [0.1, 0.15) is 0 Å². The highest BCUT2D eigenvalue weighted by atomic mass is 32.2. The Kier molecular flexibility index (Phi) is 4.99. The molecule has 3 heterocycles. The van der Waals surface area contributed by atoms with E-state index in [1.54, 1.807) is 6.33 Å². The number of benzene rings is 1. The second-order valence-corrected chi connectivity index (χ2v) is 8.11. The van der Waals surface area contributed by atoms with Gasteiger partial charge in [0.2, 0.25) is 11.2 Å². The maximum Gasteiger partial charge on any atom is 0.234 e. The van der Waals surface area contributed by atoms with Crippen LogP contribution in [0.25, 0.3) is 0 Å². The van der Waals surface area contributed by atoms with Crippen molar-refractivity contribution in [2.75, 3.05) is 40.7 Å². The molecule has 1 fully saturated rings. The minimum atomic E-state index is -0.143. The fourth-order valence-corrected chi connectivity index (χ4v) is 4.92. The third-order valence-electron chi connectivity index (χ3n) is 4.61. The summed E-state index contributed by atoms with van der Waals surface area (Å²) in [7, 11) is -0.143. The van der Waals surface area contributed by atoms with Crippen molar-refractivity contribution < 1.29 is 4.79 Å². The molecule has 0 saturated carbocycles. The molecule has 0 aliphatic carbocycles. The monoisotopic (exact) mass is 368 g/mol. The highest BCUT2D eigenvalue weighted by Crippen LogP contribution is 2.28. The van der Waals surface area contributed by atoms with Crippen molar-refractivity contribution in [3.63, 3.8) is 0 Å². The maximum atomic E-state index is 11.2. The minimum Gasteiger partial charge on any atom is -0.379 e. The summed E-state index contributed by atoms with van der Waals surface area (Å²) in [5.74, 6) is 0. The van der Waals surface area contributed by atoms with Crippen molar-refractivity contribution in [3.05, 3.63) is 64.9 Å². The normalized spacial score (nSPS) is 15.8. The lowest BCUT2D eigenvalue weighted by atomic mass is 10.2. The van der Waals surface area contributed by atoms with Crippen LogP contribution in [0.5, 0.6) is 0 Å². The topological polar surface area (TPSA) is 64.3 Å². The molecule has 0 spiro atoms. The summed E-state index contributed by atoms with van der Waals surface area (Å²) in [4.78, 5) is 21.6. The van der Waals surface area contributed by atoms with E-state index in [0.29, 0.717) is 0 Å². The van der Waals surface area contributed by atoms with E-state index in [4.69, 9.17) is 0 Å². The van der Waals surface area contributed by atoms with Crippen molar-refractivity contribution in [1.29, 1.82) is 0 Å². The van der Waals surface area contributed by atoms with Gasteiger partial charge in [0.15, 0.2) is 5.38 Å². The summed E-state index contributed by atoms with van der Waals surface area (Å²) < 4.78 is 2.40. The number of rotatable bonds is 6. The number of nitrogens with one attached hydrogen (secondary N) is 2. The van der Waals surface area contributed by atoms with Crippen molar-refractivity contribution in [2.24, 2.45) is 0 Å². The SMILES string of the molecule is O=Cc1ccc[s+]1N1CCN(c2ccc(NCc3cnc[nH]3)cc2)CC1. The molecule has 2 aromatic heterocycles. The van der Waals surface area contributed by atoms with E-state index in [2.05, 4.69) is 54.1 Å². The van der Waals surface area contributed by atoms with Gasteiger partial charge >= 0.3 is 0 Å². The van der Waals surface area contributed by atoms with Gasteiger partial charge in [-0.3, -0.25) is 4.79 Å². The van der Waals surface area contributed by atoms with E-state index in [9.17, 15) is 4.79 Å². The Morgan fingerprint density at radius 1 is 1.15 bits per heavy atom. The zero-order chi connectivity index (χ0) is 17.8. The molecule has 3 aromatic rings. The van der Waals surface area contributed by atoms with Crippen molar-refractivity contribution in [1.82, 2.24) is 9.97 Å². The molecule has 1 unspecified atom stereocenters. The number of aldehydes is 1. The lowest BCUT2D eigenvalue weighted by molar-refractivity contribution is 0.112. The van der Waals surface area contributed by atoms with Gasteiger partial charge in [0.25, 0.3) is 0 Å². The van der Waals surface area contributed by atoms with Gasteiger partial charge in [-0.2, -0.15) is 0 Å². The van der Waals surface area contributed by atoms with E-state index in [1.165, 1.54) is 5.69 Å². The Morgan fingerprint density at radius 3 is 2.65 bits per heavy atom. The van der Waals surface area contributed by atoms with Crippen LogP contribution in [0.2, 0.25) is 0 Å². The van der Waals surface area contributed by atoms with E-state index in [1.807, 2.05) is 18.3 Å². The van der Waals surface area contributed by atoms with E-state index in [-0.39, 0.29) is 10.7 Å². The molecule has 0 bridgehead atoms. The van der Waals surface area contributed by atoms with E-state index < -0.39 is 0 Å². The average molecular weight is 368 g/mol. The Morgan fingerprint density at radius 2 is 1.96 bits per heavy atom. The predicted octanol–water partition coefficient (Wildman–Crippen LogP) is 3.04. The predicted molar refractivity (Wildman–Crippen MR) is 107 cm³/mol. The molecule has 1 aliphatic heterocycles. The summed E-state index contributed by atoms with van der Waals surface area (Å²) in [5, 5.41) is 5.53. The van der Waals surface area contributed by atoms with Crippen LogP contribution in [0.4, 0.5) is 11.4 Å². The van der Waals surface area contributed by atoms with Crippen LogP contribution in [-0.2, 0) is 6.54 Å². The van der Waals surface area contributed by atoms with Crippen LogP contribution in [0.3, 0.4) is 0 Å². The summed E-state index contributed by atoms with van der Waals surface area (Å²) in [6, 6.07) is 12.5. The fraction of sp³-hybridized carbons (Fsp3) is 0.263. The first-order valence-corrected chi connectivity index (χ1v) is 9.96. The van der Waals surface area contributed by atoms with E-state index >= 15 is 0 Å². The molecular weight excluding hydrogens is 346 g/mol. The molecule has 1 aromatic carbocycles. The quantitative estimate of drug-likeness (QED) is 0.517. The van der Waals surface area contributed by atoms with Crippen LogP contribution in [0.15, 0.2) is 54.3 Å². The molecule has 0 radical (unpaired) electrons. The van der Waals surface area contributed by atoms with Crippen molar-refractivity contribution in [3.8, 4) is 0 Å². The van der Waals surface area contributed by atoms with Gasteiger partial charge in [-0.15, -0.1) is 4.31 Å². The molecule has 1 aliphatic rings. The molecule has 4 rings (SSSR count). The number of H-pyrrole nitrogens is 1. The Bertz CT molecular complexity index is 835. The number of nitrogens with zero attached hydrogens (tertiary/aromatic N) is 3. The maximum absolute atomic E-state index is 11.2. The fourth-order valence-electron chi connectivity index (χ4n) is 3.19. The number of aromatic amines is 1. The average Bonchev–Trinajstić information content (AvgIpc) is 3.38. The number of piperazine rings is 1. The van der Waals surface area contributed by atoms with E-state index in [0.717, 1.165) is 55.3 Å². The van der Waals surface area contributed by atoms with Crippen LogP contribution >= 0.6 is 10.7 Å². The number of anilines is 2. The first-order valence-electron chi connectivity index (χ1n) is 8.71. The van der Waals surface area contributed by atoms with Crippen molar-refractivity contribution >= 4 is 28.3 Å². The number of hydrogen-bond acceptors (Lipinski definition) is 5. The van der Waals surface area contributed by atoms with Crippen LogP contribution in [0.1, 0.15) is 15.4 Å². The van der Waals surface area contributed by atoms with Crippen LogP contribution in [-0.4, -0.2) is 42.4 Å². The molecule has 134 valence electrons. The number of carbonyl (C=O) groups is 1. The standard InChI is InChI=1S/C19H22N5OS/c25-14-19-2-1-11-26(19)24-9-7-23(8-10-24)18-5-3-16(4-6-18)21-13-17-12-20-15-22-17/h1-6,11-12,14-15,21H,7-10,13H2,(H,20,22)/q+1. The zero-order valence-electron chi connectivity index (χ0n) is 14.5. The van der Waals surface area contributed by atoms with Gasteiger partial charge in [-0.25, -0.2) is 4.98 Å². The number of carbonyl (C=O) groups excluding carboxylic acids is 1. The number of hydrogen-bond donors (Lipinski definition) is 2. The second kappa shape index (κ2) is 7.72. The van der Waals surface area contributed by atoms with Gasteiger partial charge in [0.05, 0.1) is 42.3 Å². The lowest BCUT2D eigenvalue weighted by Gasteiger charge is -2.32. The number of aromatic nitrogens is 2. The van der Waals surface area contributed by atoms with Gasteiger partial charge in [-0.05, 0) is 30.3 Å². The molecule has 26 heavy (non-hydrogen) atoms. The highest BCUT2D eigenvalue weighted by Gasteiger charge is 2.27. The highest BCUT2D eigenvalue weighted by molar-refractivity contribution is 7.33. The van der Waals surface area contributed by atoms with Gasteiger partial charge in [-0.1, -0.05) is 0 Å². The zero-order valence-corrected chi connectivity index (χ0v) is 15.3. The van der Waals surface area contributed by atoms with Crippen molar-refractivity contribution in [2.45, 2.75) is 6.54 Å². The molecule has 0 amide bonds. The summed E-state index contributed by atoms with van der Waals surface area (Å²) in [5.41, 5.74) is 3.41. The van der Waals surface area contributed by atoms with Crippen LogP contribution < -0.4 is 14.5 Å². The third kappa shape index (κ3) is 3.63. The smallest absolute Gasteiger partial charge is 0.234 e. The molecule has 1 atom stereocenters. The summed E-state index contributed by atoms with van der Waals surface area (Å²) >= 11 is 0. The molecular formula is C19H22N5OS+. The third-order valence-corrected chi connectivity index (χ3v) is 6.66. The summed E-state index contributed by atoms with van der Waals surface area (Å²) in [6.45, 7) is 4.63.